The van der Waals surface area contributed by atoms with Gasteiger partial charge in [0, 0.05) is 13.0 Å². The molecule has 0 aliphatic heterocycles. The number of rotatable bonds is 6. The van der Waals surface area contributed by atoms with Crippen molar-refractivity contribution >= 4 is 12.1 Å². The first-order valence-electron chi connectivity index (χ1n) is 9.22. The number of hydrogen-bond acceptors (Lipinski definition) is 5. The summed E-state index contributed by atoms with van der Waals surface area (Å²) in [6.07, 6.45) is 0.559. The zero-order valence-corrected chi connectivity index (χ0v) is 15.8. The lowest BCUT2D eigenvalue weighted by Gasteiger charge is -2.17. The molecule has 0 radical (unpaired) electrons. The van der Waals surface area contributed by atoms with Crippen molar-refractivity contribution in [1.29, 1.82) is 0 Å². The minimum absolute atomic E-state index is 0.0670. The number of alkyl carbamates (subject to hydrolysis) is 1. The predicted octanol–water partition coefficient (Wildman–Crippen LogP) is 2.87. The van der Waals surface area contributed by atoms with Crippen LogP contribution in [0.3, 0.4) is 0 Å². The van der Waals surface area contributed by atoms with Gasteiger partial charge in [-0.1, -0.05) is 53.7 Å². The lowest BCUT2D eigenvalue weighted by Crippen LogP contribution is -2.32. The van der Waals surface area contributed by atoms with E-state index >= 15 is 0 Å². The maximum atomic E-state index is 12.4. The number of hydrogen-bond donors (Lipinski definition) is 2. The normalized spacial score (nSPS) is 13.4. The Hall–Kier alpha value is -3.68. The second kappa shape index (κ2) is 7.75. The van der Waals surface area contributed by atoms with Crippen LogP contribution < -0.4 is 5.32 Å². The van der Waals surface area contributed by atoms with Gasteiger partial charge in [-0.3, -0.25) is 9.48 Å². The molecule has 2 N–H and O–H groups in total. The molecule has 4 rings (SSSR count). The topological polar surface area (TPSA) is 106 Å². The molecule has 3 aromatic rings. The summed E-state index contributed by atoms with van der Waals surface area (Å²) in [5.41, 5.74) is 4.86. The molecule has 1 aliphatic rings. The maximum Gasteiger partial charge on any atom is 0.407 e. The number of carboxylic acid groups (broad SMARTS) is 1. The highest BCUT2D eigenvalue weighted by Gasteiger charge is 2.29. The summed E-state index contributed by atoms with van der Waals surface area (Å²) in [6.45, 7) is 0.153. The maximum absolute atomic E-state index is 12.4. The summed E-state index contributed by atoms with van der Waals surface area (Å²) in [6, 6.07) is 15.3. The number of aliphatic carboxylic acids is 1. The number of nitrogens with zero attached hydrogens (tertiary/aromatic N) is 3. The monoisotopic (exact) mass is 392 g/mol. The molecular weight excluding hydrogens is 372 g/mol. The van der Waals surface area contributed by atoms with E-state index in [9.17, 15) is 9.59 Å². The van der Waals surface area contributed by atoms with Crippen molar-refractivity contribution < 1.29 is 19.4 Å². The zero-order chi connectivity index (χ0) is 20.4. The van der Waals surface area contributed by atoms with E-state index in [-0.39, 0.29) is 18.9 Å². The molecule has 1 aliphatic carbocycles. The Morgan fingerprint density at radius 1 is 1.14 bits per heavy atom. The van der Waals surface area contributed by atoms with Crippen molar-refractivity contribution in [2.75, 3.05) is 6.61 Å². The zero-order valence-electron chi connectivity index (χ0n) is 15.8. The standard InChI is InChI=1S/C21H20N4O4/c1-25-11-19(23-24-25)18(10-20(26)27)22-21(28)29-12-17-15-8-4-2-6-13(15)14-7-3-5-9-16(14)17/h2-9,11,17-18H,10,12H2,1H3,(H,22,28)(H,26,27). The van der Waals surface area contributed by atoms with Crippen LogP contribution in [0.15, 0.2) is 54.7 Å². The smallest absolute Gasteiger partial charge is 0.407 e. The second-order valence-electron chi connectivity index (χ2n) is 6.94. The van der Waals surface area contributed by atoms with Gasteiger partial charge in [-0.2, -0.15) is 0 Å². The first kappa shape index (κ1) is 18.7. The molecule has 1 unspecified atom stereocenters. The summed E-state index contributed by atoms with van der Waals surface area (Å²) in [5.74, 6) is -1.12. The van der Waals surface area contributed by atoms with Crippen LogP contribution in [0.2, 0.25) is 0 Å². The molecule has 1 amide bonds. The van der Waals surface area contributed by atoms with Crippen molar-refractivity contribution in [1.82, 2.24) is 20.3 Å². The molecule has 1 atom stereocenters. The number of carbonyl (C=O) groups is 2. The van der Waals surface area contributed by atoms with Crippen LogP contribution >= 0.6 is 0 Å². The highest BCUT2D eigenvalue weighted by Crippen LogP contribution is 2.44. The third-order valence-electron chi connectivity index (χ3n) is 4.99. The molecule has 0 bridgehead atoms. The van der Waals surface area contributed by atoms with Crippen LogP contribution in [0, 0.1) is 0 Å². The lowest BCUT2D eigenvalue weighted by atomic mass is 9.98. The van der Waals surface area contributed by atoms with Gasteiger partial charge in [0.2, 0.25) is 0 Å². The molecule has 29 heavy (non-hydrogen) atoms. The van der Waals surface area contributed by atoms with E-state index in [1.165, 1.54) is 4.68 Å². The second-order valence-corrected chi connectivity index (χ2v) is 6.94. The predicted molar refractivity (Wildman–Crippen MR) is 104 cm³/mol. The van der Waals surface area contributed by atoms with Gasteiger partial charge in [-0.05, 0) is 22.3 Å². The Morgan fingerprint density at radius 3 is 2.31 bits per heavy atom. The molecule has 1 heterocycles. The highest BCUT2D eigenvalue weighted by molar-refractivity contribution is 5.79. The third-order valence-corrected chi connectivity index (χ3v) is 4.99. The highest BCUT2D eigenvalue weighted by atomic mass is 16.5. The van der Waals surface area contributed by atoms with Crippen molar-refractivity contribution in [3.8, 4) is 11.1 Å². The molecular formula is C21H20N4O4. The van der Waals surface area contributed by atoms with Gasteiger partial charge in [0.1, 0.15) is 12.3 Å². The largest absolute Gasteiger partial charge is 0.481 e. The van der Waals surface area contributed by atoms with Crippen LogP contribution in [0.1, 0.15) is 35.2 Å². The number of benzene rings is 2. The number of ether oxygens (including phenoxy) is 1. The number of aryl methyl sites for hydroxylation is 1. The van der Waals surface area contributed by atoms with Gasteiger partial charge in [0.15, 0.2) is 0 Å². The van der Waals surface area contributed by atoms with Gasteiger partial charge in [-0.25, -0.2) is 4.79 Å². The minimum atomic E-state index is -1.06. The molecule has 0 saturated carbocycles. The van der Waals surface area contributed by atoms with Gasteiger partial charge >= 0.3 is 12.1 Å². The number of fused-ring (bicyclic) bond motifs is 3. The Balaban J connectivity index is 1.47. The van der Waals surface area contributed by atoms with E-state index in [1.807, 2.05) is 36.4 Å². The van der Waals surface area contributed by atoms with Crippen LogP contribution in [0.5, 0.6) is 0 Å². The van der Waals surface area contributed by atoms with E-state index in [1.54, 1.807) is 13.2 Å². The summed E-state index contributed by atoms with van der Waals surface area (Å²) in [4.78, 5) is 23.6. The van der Waals surface area contributed by atoms with Gasteiger partial charge in [0.05, 0.1) is 18.7 Å². The fraction of sp³-hybridized carbons (Fsp3) is 0.238. The fourth-order valence-electron chi connectivity index (χ4n) is 3.71. The van der Waals surface area contributed by atoms with Crippen LogP contribution in [-0.2, 0) is 16.6 Å². The number of carboxylic acids is 1. The van der Waals surface area contributed by atoms with Crippen molar-refractivity contribution in [2.45, 2.75) is 18.4 Å². The van der Waals surface area contributed by atoms with E-state index in [0.29, 0.717) is 5.69 Å². The number of amides is 1. The molecule has 8 heteroatoms. The van der Waals surface area contributed by atoms with Crippen molar-refractivity contribution in [3.05, 3.63) is 71.5 Å². The molecule has 0 spiro atoms. The molecule has 8 nitrogen and oxygen atoms in total. The third kappa shape index (κ3) is 3.82. The first-order valence-corrected chi connectivity index (χ1v) is 9.22. The van der Waals surface area contributed by atoms with E-state index in [4.69, 9.17) is 9.84 Å². The number of aromatic nitrogens is 3. The van der Waals surface area contributed by atoms with Gasteiger partial charge in [-0.15, -0.1) is 5.10 Å². The van der Waals surface area contributed by atoms with Gasteiger partial charge in [0.25, 0.3) is 0 Å². The molecule has 2 aromatic carbocycles. The Morgan fingerprint density at radius 2 is 1.76 bits per heavy atom. The van der Waals surface area contributed by atoms with Crippen molar-refractivity contribution in [3.63, 3.8) is 0 Å². The molecule has 0 fully saturated rings. The number of carbonyl (C=O) groups excluding carboxylic acids is 1. The van der Waals surface area contributed by atoms with Crippen LogP contribution in [0.25, 0.3) is 11.1 Å². The Labute approximate surface area is 167 Å². The molecule has 148 valence electrons. The minimum Gasteiger partial charge on any atom is -0.481 e. The average Bonchev–Trinajstić information content (AvgIpc) is 3.27. The summed E-state index contributed by atoms with van der Waals surface area (Å²) < 4.78 is 6.93. The fourth-order valence-corrected chi connectivity index (χ4v) is 3.71. The Bertz CT molecular complexity index is 1020. The van der Waals surface area contributed by atoms with Crippen molar-refractivity contribution in [2.24, 2.45) is 7.05 Å². The summed E-state index contributed by atoms with van der Waals surface area (Å²) in [7, 11) is 1.67. The SMILES string of the molecule is Cn1cc(C(CC(=O)O)NC(=O)OCC2c3ccccc3-c3ccccc32)nn1. The molecule has 1 aromatic heterocycles. The first-order chi connectivity index (χ1) is 14.0. The Kier molecular flexibility index (Phi) is 4.99. The summed E-state index contributed by atoms with van der Waals surface area (Å²) >= 11 is 0. The summed E-state index contributed by atoms with van der Waals surface area (Å²) in [5, 5.41) is 19.4. The van der Waals surface area contributed by atoms with E-state index in [0.717, 1.165) is 22.3 Å². The lowest BCUT2D eigenvalue weighted by molar-refractivity contribution is -0.137. The van der Waals surface area contributed by atoms with E-state index < -0.39 is 18.1 Å². The van der Waals surface area contributed by atoms with E-state index in [2.05, 4.69) is 27.8 Å². The van der Waals surface area contributed by atoms with Crippen LogP contribution in [0.4, 0.5) is 4.79 Å². The molecule has 0 saturated heterocycles. The number of nitrogens with one attached hydrogen (secondary N) is 1. The van der Waals surface area contributed by atoms with Crippen LogP contribution in [-0.4, -0.2) is 38.8 Å². The quantitative estimate of drug-likeness (QED) is 0.668. The van der Waals surface area contributed by atoms with Gasteiger partial charge < -0.3 is 15.2 Å². The average molecular weight is 392 g/mol.